The molecule has 0 N–H and O–H groups in total. The summed E-state index contributed by atoms with van der Waals surface area (Å²) in [6.07, 6.45) is 2.77. The first-order chi connectivity index (χ1) is 5.36. The summed E-state index contributed by atoms with van der Waals surface area (Å²) < 4.78 is 1.33. The van der Waals surface area contributed by atoms with Crippen molar-refractivity contribution in [3.05, 3.63) is 33.8 Å². The van der Waals surface area contributed by atoms with E-state index in [-0.39, 0.29) is 0 Å². The van der Waals surface area contributed by atoms with Crippen LogP contribution in [0.2, 0.25) is 0 Å². The lowest BCUT2D eigenvalue weighted by Gasteiger charge is -2.03. The monoisotopic (exact) mass is 208 g/mol. The van der Waals surface area contributed by atoms with Crippen molar-refractivity contribution in [2.45, 2.75) is 18.8 Å². The lowest BCUT2D eigenvalue weighted by molar-refractivity contribution is 0.857. The van der Waals surface area contributed by atoms with Gasteiger partial charge in [-0.05, 0) is 41.9 Å². The molecule has 0 spiro atoms. The fraction of sp³-hybridized carbons (Fsp3) is 0.400. The Labute approximate surface area is 74.7 Å². The van der Waals surface area contributed by atoms with Gasteiger partial charge in [-0.15, -0.1) is 0 Å². The Kier molecular flexibility index (Phi) is 1.07. The summed E-state index contributed by atoms with van der Waals surface area (Å²) in [5.74, 6) is 1.92. The third-order valence-corrected chi connectivity index (χ3v) is 3.61. The van der Waals surface area contributed by atoms with Crippen LogP contribution in [-0.2, 0) is 6.42 Å². The van der Waals surface area contributed by atoms with Crippen LogP contribution < -0.4 is 0 Å². The van der Waals surface area contributed by atoms with Gasteiger partial charge in [0.25, 0.3) is 0 Å². The van der Waals surface area contributed by atoms with Crippen LogP contribution in [0.3, 0.4) is 0 Å². The maximum Gasteiger partial charge on any atom is 0.0212 e. The number of halogens is 1. The number of hydrogen-bond donors (Lipinski definition) is 0. The molecular formula is C10H9Br. The Bertz CT molecular complexity index is 317. The molecule has 1 aromatic carbocycles. The molecule has 11 heavy (non-hydrogen) atoms. The first kappa shape index (κ1) is 6.24. The Morgan fingerprint density at radius 1 is 1.36 bits per heavy atom. The molecule has 1 fully saturated rings. The Morgan fingerprint density at radius 2 is 2.27 bits per heavy atom. The summed E-state index contributed by atoms with van der Waals surface area (Å²) in [7, 11) is 0. The van der Waals surface area contributed by atoms with E-state index in [0.29, 0.717) is 0 Å². The second kappa shape index (κ2) is 1.89. The second-order valence-electron chi connectivity index (χ2n) is 3.62. The SMILES string of the molecule is Brc1cccc2c1[C@@H]1C[C@@H]1C2. The van der Waals surface area contributed by atoms with E-state index in [0.717, 1.165) is 11.8 Å². The molecule has 0 saturated heterocycles. The van der Waals surface area contributed by atoms with Gasteiger partial charge in [0.05, 0.1) is 0 Å². The van der Waals surface area contributed by atoms with E-state index in [9.17, 15) is 0 Å². The van der Waals surface area contributed by atoms with Crippen LogP contribution >= 0.6 is 15.9 Å². The molecule has 0 aliphatic heterocycles. The Balaban J connectivity index is 2.25. The average Bonchev–Trinajstić information content (AvgIpc) is 2.62. The van der Waals surface area contributed by atoms with Crippen molar-refractivity contribution in [1.82, 2.24) is 0 Å². The molecule has 2 atom stereocenters. The van der Waals surface area contributed by atoms with E-state index >= 15 is 0 Å². The number of fused-ring (bicyclic) bond motifs is 3. The van der Waals surface area contributed by atoms with Crippen LogP contribution in [0.1, 0.15) is 23.5 Å². The largest absolute Gasteiger partial charge is 0.0609 e. The molecular weight excluding hydrogens is 200 g/mol. The Morgan fingerprint density at radius 3 is 3.09 bits per heavy atom. The molecule has 3 rings (SSSR count). The lowest BCUT2D eigenvalue weighted by atomic mass is 10.1. The van der Waals surface area contributed by atoms with Crippen molar-refractivity contribution in [2.24, 2.45) is 5.92 Å². The molecule has 0 radical (unpaired) electrons. The Hall–Kier alpha value is -0.300. The molecule has 1 saturated carbocycles. The van der Waals surface area contributed by atoms with Gasteiger partial charge in [0.15, 0.2) is 0 Å². The van der Waals surface area contributed by atoms with Crippen LogP contribution in [0, 0.1) is 5.92 Å². The van der Waals surface area contributed by atoms with Crippen molar-refractivity contribution >= 4 is 15.9 Å². The van der Waals surface area contributed by atoms with Gasteiger partial charge in [-0.1, -0.05) is 28.1 Å². The maximum atomic E-state index is 3.61. The fourth-order valence-electron chi connectivity index (χ4n) is 2.28. The van der Waals surface area contributed by atoms with Crippen LogP contribution in [-0.4, -0.2) is 0 Å². The van der Waals surface area contributed by atoms with Crippen molar-refractivity contribution in [3.63, 3.8) is 0 Å². The van der Waals surface area contributed by atoms with Crippen LogP contribution in [0.15, 0.2) is 22.7 Å². The summed E-state index contributed by atoms with van der Waals surface area (Å²) in [4.78, 5) is 0. The highest BCUT2D eigenvalue weighted by molar-refractivity contribution is 9.10. The molecule has 0 amide bonds. The highest BCUT2D eigenvalue weighted by Crippen LogP contribution is 2.57. The topological polar surface area (TPSA) is 0 Å². The first-order valence-corrected chi connectivity index (χ1v) is 4.93. The molecule has 0 bridgehead atoms. The van der Waals surface area contributed by atoms with Gasteiger partial charge in [-0.25, -0.2) is 0 Å². The molecule has 2 aliphatic rings. The minimum absolute atomic E-state index is 0.917. The minimum atomic E-state index is 0.917. The van der Waals surface area contributed by atoms with Gasteiger partial charge < -0.3 is 0 Å². The summed E-state index contributed by atoms with van der Waals surface area (Å²) in [6, 6.07) is 6.58. The minimum Gasteiger partial charge on any atom is -0.0609 e. The third-order valence-electron chi connectivity index (χ3n) is 2.92. The summed E-state index contributed by atoms with van der Waals surface area (Å²) in [5, 5.41) is 0. The molecule has 1 aromatic rings. The average molecular weight is 209 g/mol. The number of rotatable bonds is 0. The number of hydrogen-bond acceptors (Lipinski definition) is 0. The number of benzene rings is 1. The van der Waals surface area contributed by atoms with Crippen molar-refractivity contribution in [1.29, 1.82) is 0 Å². The summed E-state index contributed by atoms with van der Waals surface area (Å²) >= 11 is 3.61. The predicted molar refractivity (Wildman–Crippen MR) is 48.7 cm³/mol. The van der Waals surface area contributed by atoms with Crippen LogP contribution in [0.4, 0.5) is 0 Å². The van der Waals surface area contributed by atoms with E-state index < -0.39 is 0 Å². The van der Waals surface area contributed by atoms with Crippen molar-refractivity contribution < 1.29 is 0 Å². The predicted octanol–water partition coefficient (Wildman–Crippen LogP) is 3.11. The van der Waals surface area contributed by atoms with E-state index in [1.165, 1.54) is 17.3 Å². The second-order valence-corrected chi connectivity index (χ2v) is 4.47. The van der Waals surface area contributed by atoms with Gasteiger partial charge in [-0.2, -0.15) is 0 Å². The van der Waals surface area contributed by atoms with Gasteiger partial charge in [0.1, 0.15) is 0 Å². The molecule has 0 heterocycles. The maximum absolute atomic E-state index is 3.61. The third kappa shape index (κ3) is 0.750. The zero-order chi connectivity index (χ0) is 7.42. The van der Waals surface area contributed by atoms with E-state index in [1.54, 1.807) is 11.1 Å². The van der Waals surface area contributed by atoms with Gasteiger partial charge in [-0.3, -0.25) is 0 Å². The first-order valence-electron chi connectivity index (χ1n) is 4.13. The van der Waals surface area contributed by atoms with E-state index in [4.69, 9.17) is 0 Å². The van der Waals surface area contributed by atoms with E-state index in [1.807, 2.05) is 0 Å². The summed E-state index contributed by atoms with van der Waals surface area (Å²) in [6.45, 7) is 0. The van der Waals surface area contributed by atoms with Crippen LogP contribution in [0.5, 0.6) is 0 Å². The standard InChI is InChI=1S/C10H9Br/c11-9-3-1-2-6-4-7-5-8(7)10(6)9/h1-3,7-8H,4-5H2/t7-,8+/m0/s1. The highest BCUT2D eigenvalue weighted by atomic mass is 79.9. The lowest BCUT2D eigenvalue weighted by Crippen LogP contribution is -1.86. The molecule has 2 aliphatic carbocycles. The smallest absolute Gasteiger partial charge is 0.0212 e. The zero-order valence-corrected chi connectivity index (χ0v) is 7.76. The molecule has 1 heteroatoms. The quantitative estimate of drug-likeness (QED) is 0.615. The molecule has 0 nitrogen and oxygen atoms in total. The highest BCUT2D eigenvalue weighted by Gasteiger charge is 2.45. The van der Waals surface area contributed by atoms with Crippen molar-refractivity contribution in [2.75, 3.05) is 0 Å². The zero-order valence-electron chi connectivity index (χ0n) is 6.18. The van der Waals surface area contributed by atoms with Gasteiger partial charge in [0, 0.05) is 4.47 Å². The van der Waals surface area contributed by atoms with Gasteiger partial charge >= 0.3 is 0 Å². The van der Waals surface area contributed by atoms with Gasteiger partial charge in [0.2, 0.25) is 0 Å². The van der Waals surface area contributed by atoms with E-state index in [2.05, 4.69) is 34.1 Å². The molecule has 56 valence electrons. The fourth-order valence-corrected chi connectivity index (χ4v) is 2.99. The van der Waals surface area contributed by atoms with Crippen LogP contribution in [0.25, 0.3) is 0 Å². The molecule has 0 unspecified atom stereocenters. The summed E-state index contributed by atoms with van der Waals surface area (Å²) in [5.41, 5.74) is 3.19. The normalized spacial score (nSPS) is 31.4. The molecule has 0 aromatic heterocycles. The van der Waals surface area contributed by atoms with Crippen molar-refractivity contribution in [3.8, 4) is 0 Å².